The number of nitrogens with zero attached hydrogens (tertiary/aromatic N) is 2. The van der Waals surface area contributed by atoms with E-state index >= 15 is 4.39 Å². The Balaban J connectivity index is 1.49. The molecule has 6 nitrogen and oxygen atoms in total. The second-order valence-electron chi connectivity index (χ2n) is 12.4. The van der Waals surface area contributed by atoms with Gasteiger partial charge in [0.05, 0.1) is 24.3 Å². The highest BCUT2D eigenvalue weighted by Gasteiger charge is 2.65. The first-order chi connectivity index (χ1) is 19.3. The predicted octanol–water partition coefficient (Wildman–Crippen LogP) is 5.20. The number of halogens is 1. The number of aliphatic hydroxyl groups is 1. The molecule has 1 unspecified atom stereocenters. The van der Waals surface area contributed by atoms with Crippen LogP contribution in [-0.2, 0) is 9.53 Å². The largest absolute Gasteiger partial charge is 0.411 e. The zero-order chi connectivity index (χ0) is 28.1. The minimum atomic E-state index is -1.14. The Labute approximate surface area is 236 Å². The van der Waals surface area contributed by atoms with Crippen LogP contribution >= 0.6 is 0 Å². The molecule has 0 aromatic heterocycles. The van der Waals surface area contributed by atoms with E-state index in [0.29, 0.717) is 37.0 Å². The molecule has 4 aliphatic carbocycles. The summed E-state index contributed by atoms with van der Waals surface area (Å²) in [5.41, 5.74) is 4.65. The number of hydrogen-bond donors (Lipinski definition) is 2. The molecule has 0 bridgehead atoms. The average molecular weight is 547 g/mol. The molecular weight excluding hydrogens is 507 g/mol. The maximum absolute atomic E-state index is 15.9. The van der Waals surface area contributed by atoms with Crippen molar-refractivity contribution >= 4 is 17.2 Å². The van der Waals surface area contributed by atoms with Crippen molar-refractivity contribution in [3.05, 3.63) is 52.6 Å². The normalized spacial score (nSPS) is 36.2. The number of ketones is 1. The van der Waals surface area contributed by atoms with Crippen molar-refractivity contribution in [2.45, 2.75) is 64.5 Å². The molecule has 6 rings (SSSR count). The topological polar surface area (TPSA) is 82.4 Å². The van der Waals surface area contributed by atoms with Crippen molar-refractivity contribution in [2.24, 2.45) is 27.8 Å². The molecule has 6 atom stereocenters. The van der Waals surface area contributed by atoms with Gasteiger partial charge in [-0.25, -0.2) is 4.39 Å². The first-order valence-electron chi connectivity index (χ1n) is 14.7. The van der Waals surface area contributed by atoms with E-state index in [1.54, 1.807) is 13.0 Å². The number of rotatable bonds is 3. The van der Waals surface area contributed by atoms with Crippen LogP contribution in [0.15, 0.2) is 52.2 Å². The fourth-order valence-corrected chi connectivity index (χ4v) is 8.85. The van der Waals surface area contributed by atoms with Crippen molar-refractivity contribution in [3.8, 4) is 11.8 Å². The lowest BCUT2D eigenvalue weighted by atomic mass is 9.48. The summed E-state index contributed by atoms with van der Waals surface area (Å²) in [5, 5.41) is 22.4. The standard InChI is InChI=1S/C33H39FN2O4/c1-21(38)33(11-3-15-37)12-10-29-27-19-30(34)26-18-23(35-39)6-9-25(26)31(27)28(20-32(29,33)2)22-4-7-24(8-5-22)36-13-16-40-17-14-36/h4-5,7-8,18,27-30,37,39H,6,9-10,12-17,19-20H2,1-2H3/t27-,28+,29-,30?,32-,33+/m0/s1. The minimum absolute atomic E-state index is 0.00888. The Kier molecular flexibility index (Phi) is 7.13. The summed E-state index contributed by atoms with van der Waals surface area (Å²) >= 11 is 0. The van der Waals surface area contributed by atoms with E-state index in [2.05, 4.69) is 53.1 Å². The molecule has 212 valence electrons. The van der Waals surface area contributed by atoms with E-state index in [1.165, 1.54) is 16.8 Å². The number of oxime groups is 1. The van der Waals surface area contributed by atoms with Gasteiger partial charge in [0.15, 0.2) is 0 Å². The number of carbonyl (C=O) groups is 1. The molecule has 2 saturated carbocycles. The molecule has 7 heteroatoms. The minimum Gasteiger partial charge on any atom is -0.411 e. The van der Waals surface area contributed by atoms with Gasteiger partial charge >= 0.3 is 0 Å². The van der Waals surface area contributed by atoms with Crippen LogP contribution in [0.5, 0.6) is 0 Å². The number of morpholine rings is 1. The first kappa shape index (κ1) is 27.2. The number of benzene rings is 1. The Morgan fingerprint density at radius 2 is 1.98 bits per heavy atom. The van der Waals surface area contributed by atoms with Gasteiger partial charge in [-0.2, -0.15) is 0 Å². The smallest absolute Gasteiger partial charge is 0.148 e. The molecule has 1 aromatic carbocycles. The van der Waals surface area contributed by atoms with Crippen LogP contribution < -0.4 is 4.90 Å². The van der Waals surface area contributed by atoms with Gasteiger partial charge in [-0.15, -0.1) is 0 Å². The molecule has 3 fully saturated rings. The number of ether oxygens (including phenoxy) is 1. The van der Waals surface area contributed by atoms with Gasteiger partial charge in [-0.3, -0.25) is 4.79 Å². The molecular formula is C33H39FN2O4. The molecule has 1 aliphatic heterocycles. The summed E-state index contributed by atoms with van der Waals surface area (Å²) < 4.78 is 21.5. The van der Waals surface area contributed by atoms with Crippen molar-refractivity contribution in [3.63, 3.8) is 0 Å². The lowest BCUT2D eigenvalue weighted by Gasteiger charge is -2.55. The number of alkyl halides is 1. The maximum Gasteiger partial charge on any atom is 0.148 e. The number of aliphatic hydroxyl groups excluding tert-OH is 1. The number of carbonyl (C=O) groups excluding carboxylic acids is 1. The molecule has 2 N–H and O–H groups in total. The first-order valence-corrected chi connectivity index (χ1v) is 14.7. The number of fused-ring (bicyclic) bond motifs is 4. The third-order valence-corrected chi connectivity index (χ3v) is 10.7. The van der Waals surface area contributed by atoms with Crippen LogP contribution in [-0.4, -0.2) is 60.9 Å². The van der Waals surface area contributed by atoms with E-state index in [0.717, 1.165) is 44.7 Å². The van der Waals surface area contributed by atoms with Crippen molar-refractivity contribution in [1.82, 2.24) is 0 Å². The maximum atomic E-state index is 15.9. The Morgan fingerprint density at radius 1 is 1.23 bits per heavy atom. The van der Waals surface area contributed by atoms with E-state index in [1.807, 2.05) is 0 Å². The van der Waals surface area contributed by atoms with Crippen LogP contribution in [0.1, 0.15) is 63.9 Å². The number of allylic oxidation sites excluding steroid dienone is 4. The summed E-state index contributed by atoms with van der Waals surface area (Å²) in [5.74, 6) is 6.30. The van der Waals surface area contributed by atoms with Gasteiger partial charge in [0, 0.05) is 24.7 Å². The highest BCUT2D eigenvalue weighted by Crippen LogP contribution is 2.69. The summed E-state index contributed by atoms with van der Waals surface area (Å²) in [6.45, 7) is 6.74. The molecule has 5 aliphatic rings. The Hall–Kier alpha value is -2.95. The SMILES string of the molecule is CC(=O)[C@@]1(C#CCO)CC[C@H]2[C@@H]3CC(F)C4=CC(=NO)CCC4=C3[C@@H](c3ccc(N4CCOCC4)cc3)C[C@@]21C. The van der Waals surface area contributed by atoms with Crippen LogP contribution in [0.2, 0.25) is 0 Å². The van der Waals surface area contributed by atoms with E-state index < -0.39 is 17.0 Å². The quantitative estimate of drug-likeness (QED) is 0.309. The van der Waals surface area contributed by atoms with E-state index in [-0.39, 0.29) is 30.1 Å². The summed E-state index contributed by atoms with van der Waals surface area (Å²) in [6.07, 6.45) is 4.42. The highest BCUT2D eigenvalue weighted by atomic mass is 19.1. The summed E-state index contributed by atoms with van der Waals surface area (Å²) in [4.78, 5) is 15.7. The zero-order valence-electron chi connectivity index (χ0n) is 23.5. The van der Waals surface area contributed by atoms with Gasteiger partial charge in [-0.05, 0) is 97.6 Å². The predicted molar refractivity (Wildman–Crippen MR) is 152 cm³/mol. The third-order valence-electron chi connectivity index (χ3n) is 10.7. The average Bonchev–Trinajstić information content (AvgIpc) is 3.29. The molecule has 0 spiro atoms. The van der Waals surface area contributed by atoms with Crippen LogP contribution in [0, 0.1) is 34.5 Å². The molecule has 40 heavy (non-hydrogen) atoms. The van der Waals surface area contributed by atoms with Gasteiger partial charge in [0.2, 0.25) is 0 Å². The molecule has 1 heterocycles. The molecule has 1 saturated heterocycles. The Morgan fingerprint density at radius 3 is 2.65 bits per heavy atom. The van der Waals surface area contributed by atoms with Crippen molar-refractivity contribution < 1.29 is 24.2 Å². The van der Waals surface area contributed by atoms with Crippen LogP contribution in [0.3, 0.4) is 0 Å². The van der Waals surface area contributed by atoms with Gasteiger partial charge in [-0.1, -0.05) is 41.6 Å². The number of Topliss-reactive ketones (excluding diaryl/α,β-unsaturated/α-hetero) is 1. The number of hydrogen-bond acceptors (Lipinski definition) is 6. The van der Waals surface area contributed by atoms with Gasteiger partial charge in [0.1, 0.15) is 18.6 Å². The van der Waals surface area contributed by atoms with Crippen molar-refractivity contribution in [1.29, 1.82) is 0 Å². The summed E-state index contributed by atoms with van der Waals surface area (Å²) in [6, 6.07) is 8.79. The number of anilines is 1. The molecule has 0 radical (unpaired) electrons. The highest BCUT2D eigenvalue weighted by molar-refractivity contribution is 5.97. The fraction of sp³-hybridized carbons (Fsp3) is 0.576. The zero-order valence-corrected chi connectivity index (χ0v) is 23.5. The van der Waals surface area contributed by atoms with Gasteiger partial charge in [0.25, 0.3) is 0 Å². The van der Waals surface area contributed by atoms with Crippen molar-refractivity contribution in [2.75, 3.05) is 37.8 Å². The van der Waals surface area contributed by atoms with Crippen LogP contribution in [0.4, 0.5) is 10.1 Å². The lowest BCUT2D eigenvalue weighted by molar-refractivity contribution is -0.130. The third kappa shape index (κ3) is 4.14. The lowest BCUT2D eigenvalue weighted by Crippen LogP contribution is -2.51. The van der Waals surface area contributed by atoms with E-state index in [9.17, 15) is 15.1 Å². The fourth-order valence-electron chi connectivity index (χ4n) is 8.85. The monoisotopic (exact) mass is 546 g/mol. The van der Waals surface area contributed by atoms with E-state index in [4.69, 9.17) is 4.74 Å². The second kappa shape index (κ2) is 10.5. The molecule has 0 amide bonds. The summed E-state index contributed by atoms with van der Waals surface area (Å²) in [7, 11) is 0. The van der Waals surface area contributed by atoms with Gasteiger partial charge < -0.3 is 20.0 Å². The Bertz CT molecular complexity index is 1330. The van der Waals surface area contributed by atoms with Crippen LogP contribution in [0.25, 0.3) is 0 Å². The molecule has 1 aromatic rings. The second-order valence-corrected chi connectivity index (χ2v) is 12.4.